The zero-order chi connectivity index (χ0) is 26.9. The molecule has 1 aromatic heterocycles. The molecule has 36 heavy (non-hydrogen) atoms. The van der Waals surface area contributed by atoms with Crippen molar-refractivity contribution in [2.75, 3.05) is 31.1 Å². The van der Waals surface area contributed by atoms with Crippen molar-refractivity contribution in [1.82, 2.24) is 9.88 Å². The molecule has 0 radical (unpaired) electrons. The Bertz CT molecular complexity index is 1070. The van der Waals surface area contributed by atoms with Crippen molar-refractivity contribution in [3.8, 4) is 11.8 Å². The lowest BCUT2D eigenvalue weighted by atomic mass is 9.95. The van der Waals surface area contributed by atoms with E-state index in [-0.39, 0.29) is 30.9 Å². The number of aromatic nitrogens is 1. The highest BCUT2D eigenvalue weighted by Crippen LogP contribution is 2.25. The topological polar surface area (TPSA) is 95.8 Å². The Hall–Kier alpha value is -3.31. The monoisotopic (exact) mass is 514 g/mol. The van der Waals surface area contributed by atoms with Gasteiger partial charge in [-0.2, -0.15) is 5.26 Å². The number of rotatable bonds is 9. The van der Waals surface area contributed by atoms with Gasteiger partial charge >= 0.3 is 6.09 Å². The summed E-state index contributed by atoms with van der Waals surface area (Å²) in [6.07, 6.45) is 2.92. The van der Waals surface area contributed by atoms with Crippen LogP contribution in [0.5, 0.6) is 5.75 Å². The molecule has 9 heteroatoms. The van der Waals surface area contributed by atoms with Crippen molar-refractivity contribution in [2.24, 2.45) is 5.41 Å². The zero-order valence-corrected chi connectivity index (χ0v) is 22.6. The van der Waals surface area contributed by atoms with Crippen molar-refractivity contribution >= 4 is 29.3 Å². The Morgan fingerprint density at radius 3 is 2.31 bits per heavy atom. The van der Waals surface area contributed by atoms with Crippen LogP contribution < -0.4 is 9.64 Å². The van der Waals surface area contributed by atoms with Crippen LogP contribution in [0.15, 0.2) is 42.7 Å². The number of hydrogen-bond acceptors (Lipinski definition) is 6. The number of amides is 2. The predicted molar refractivity (Wildman–Crippen MR) is 140 cm³/mol. The van der Waals surface area contributed by atoms with E-state index in [2.05, 4.69) is 11.1 Å². The Morgan fingerprint density at radius 1 is 1.06 bits per heavy atom. The summed E-state index contributed by atoms with van der Waals surface area (Å²) in [6, 6.07) is 10.4. The molecule has 2 aromatic rings. The fraction of sp³-hybridized carbons (Fsp3) is 0.481. The molecular formula is C27H35ClN4O4. The third-order valence-electron chi connectivity index (χ3n) is 4.74. The Morgan fingerprint density at radius 2 is 1.72 bits per heavy atom. The van der Waals surface area contributed by atoms with Crippen LogP contribution in [-0.2, 0) is 4.74 Å². The van der Waals surface area contributed by atoms with Gasteiger partial charge in [-0.1, -0.05) is 32.4 Å². The molecule has 0 aliphatic heterocycles. The van der Waals surface area contributed by atoms with Gasteiger partial charge in [0.2, 0.25) is 0 Å². The van der Waals surface area contributed by atoms with Crippen molar-refractivity contribution < 1.29 is 19.1 Å². The molecule has 0 bridgehead atoms. The normalized spacial score (nSPS) is 11.4. The van der Waals surface area contributed by atoms with E-state index in [1.165, 1.54) is 4.90 Å². The number of carbonyl (C=O) groups is 2. The second-order valence-electron chi connectivity index (χ2n) is 10.6. The van der Waals surface area contributed by atoms with Crippen LogP contribution in [0, 0.1) is 16.7 Å². The van der Waals surface area contributed by atoms with E-state index in [4.69, 9.17) is 26.3 Å². The van der Waals surface area contributed by atoms with Gasteiger partial charge in [-0.25, -0.2) is 4.79 Å². The molecule has 0 saturated carbocycles. The van der Waals surface area contributed by atoms with E-state index in [0.717, 1.165) is 0 Å². The molecule has 2 amide bonds. The molecule has 0 saturated heterocycles. The summed E-state index contributed by atoms with van der Waals surface area (Å²) in [5.41, 5.74) is 0.203. The zero-order valence-electron chi connectivity index (χ0n) is 21.9. The van der Waals surface area contributed by atoms with Gasteiger partial charge in [0, 0.05) is 36.1 Å². The van der Waals surface area contributed by atoms with Crippen LogP contribution in [0.2, 0.25) is 5.02 Å². The molecule has 0 spiro atoms. The number of carbonyl (C=O) groups excluding carboxylic acids is 2. The minimum absolute atomic E-state index is 0.135. The number of ether oxygens (including phenoxy) is 2. The SMILES string of the molecule is CC(C)(C)CN(CCC#N)C(=O)c1cc(Cl)cc(OCCN(C(=O)OC(C)(C)C)c2ccncc2)c1. The first kappa shape index (κ1) is 28.9. The summed E-state index contributed by atoms with van der Waals surface area (Å²) in [5.74, 6) is 0.181. The molecule has 0 aliphatic carbocycles. The van der Waals surface area contributed by atoms with E-state index in [1.54, 1.807) is 68.4 Å². The van der Waals surface area contributed by atoms with E-state index < -0.39 is 11.7 Å². The van der Waals surface area contributed by atoms with Crippen LogP contribution in [0.1, 0.15) is 58.3 Å². The summed E-state index contributed by atoms with van der Waals surface area (Å²) in [4.78, 5) is 33.2. The third kappa shape index (κ3) is 9.74. The lowest BCUT2D eigenvalue weighted by Crippen LogP contribution is -2.39. The molecule has 1 heterocycles. The maximum absolute atomic E-state index is 13.2. The minimum Gasteiger partial charge on any atom is -0.492 e. The standard InChI is InChI=1S/C27H35ClN4O4/c1-26(2,3)19-31(13-7-10-29)24(33)20-16-21(28)18-23(17-20)35-15-14-32(22-8-11-30-12-9-22)25(34)36-27(4,5)6/h8-9,11-12,16-18H,7,13-15,19H2,1-6H3. The Balaban J connectivity index is 2.17. The van der Waals surface area contributed by atoms with Crippen LogP contribution in [-0.4, -0.2) is 53.7 Å². The average Bonchev–Trinajstić information content (AvgIpc) is 2.77. The lowest BCUT2D eigenvalue weighted by molar-refractivity contribution is 0.0575. The summed E-state index contributed by atoms with van der Waals surface area (Å²) in [7, 11) is 0. The van der Waals surface area contributed by atoms with Gasteiger partial charge in [-0.3, -0.25) is 14.7 Å². The molecule has 1 aromatic carbocycles. The quantitative estimate of drug-likeness (QED) is 0.409. The molecule has 2 rings (SSSR count). The fourth-order valence-corrected chi connectivity index (χ4v) is 3.61. The number of benzene rings is 1. The van der Waals surface area contributed by atoms with Crippen molar-refractivity contribution in [1.29, 1.82) is 5.26 Å². The second kappa shape index (κ2) is 12.6. The molecule has 0 fully saturated rings. The number of hydrogen-bond donors (Lipinski definition) is 0. The summed E-state index contributed by atoms with van der Waals surface area (Å²) >= 11 is 6.30. The van der Waals surface area contributed by atoms with Gasteiger partial charge < -0.3 is 14.4 Å². The predicted octanol–water partition coefficient (Wildman–Crippen LogP) is 5.96. The van der Waals surface area contributed by atoms with Crippen LogP contribution >= 0.6 is 11.6 Å². The third-order valence-corrected chi connectivity index (χ3v) is 4.95. The van der Waals surface area contributed by atoms with Crippen LogP contribution in [0.25, 0.3) is 0 Å². The highest BCUT2D eigenvalue weighted by molar-refractivity contribution is 6.31. The molecule has 194 valence electrons. The van der Waals surface area contributed by atoms with Crippen LogP contribution in [0.4, 0.5) is 10.5 Å². The summed E-state index contributed by atoms with van der Waals surface area (Å²) < 4.78 is 11.4. The molecule has 8 nitrogen and oxygen atoms in total. The van der Waals surface area contributed by atoms with E-state index >= 15 is 0 Å². The van der Waals surface area contributed by atoms with Gasteiger partial charge in [0.1, 0.15) is 18.0 Å². The fourth-order valence-electron chi connectivity index (χ4n) is 3.38. The first-order chi connectivity index (χ1) is 16.8. The molecule has 0 N–H and O–H groups in total. The average molecular weight is 515 g/mol. The molecule has 0 unspecified atom stereocenters. The van der Waals surface area contributed by atoms with Gasteiger partial charge in [-0.05, 0) is 56.5 Å². The van der Waals surface area contributed by atoms with Gasteiger partial charge in [0.25, 0.3) is 5.91 Å². The smallest absolute Gasteiger partial charge is 0.414 e. The van der Waals surface area contributed by atoms with Crippen molar-refractivity contribution in [3.63, 3.8) is 0 Å². The lowest BCUT2D eigenvalue weighted by Gasteiger charge is -2.29. The summed E-state index contributed by atoms with van der Waals surface area (Å²) in [5, 5.41) is 9.36. The summed E-state index contributed by atoms with van der Waals surface area (Å²) in [6.45, 7) is 12.7. The Kier molecular flexibility index (Phi) is 10.1. The van der Waals surface area contributed by atoms with Gasteiger partial charge in [0.05, 0.1) is 24.7 Å². The first-order valence-corrected chi connectivity index (χ1v) is 12.2. The second-order valence-corrected chi connectivity index (χ2v) is 11.0. The van der Waals surface area contributed by atoms with Gasteiger partial charge in [0.15, 0.2) is 0 Å². The van der Waals surface area contributed by atoms with Gasteiger partial charge in [-0.15, -0.1) is 0 Å². The number of nitriles is 1. The molecule has 0 atom stereocenters. The molecular weight excluding hydrogens is 480 g/mol. The minimum atomic E-state index is -0.657. The number of anilines is 1. The highest BCUT2D eigenvalue weighted by Gasteiger charge is 2.25. The number of halogens is 1. The van der Waals surface area contributed by atoms with Crippen molar-refractivity contribution in [2.45, 2.75) is 53.6 Å². The highest BCUT2D eigenvalue weighted by atomic mass is 35.5. The largest absolute Gasteiger partial charge is 0.492 e. The maximum Gasteiger partial charge on any atom is 0.414 e. The van der Waals surface area contributed by atoms with E-state index in [9.17, 15) is 9.59 Å². The van der Waals surface area contributed by atoms with E-state index in [1.807, 2.05) is 20.8 Å². The molecule has 0 aliphatic rings. The Labute approximate surface area is 218 Å². The maximum atomic E-state index is 13.2. The first-order valence-electron chi connectivity index (χ1n) is 11.8. The number of nitrogens with zero attached hydrogens (tertiary/aromatic N) is 4. The van der Waals surface area contributed by atoms with Crippen LogP contribution in [0.3, 0.4) is 0 Å². The van der Waals surface area contributed by atoms with Crippen molar-refractivity contribution in [3.05, 3.63) is 53.3 Å². The van der Waals surface area contributed by atoms with E-state index in [0.29, 0.717) is 35.1 Å². The number of pyridine rings is 1.